The Morgan fingerprint density at radius 1 is 1.26 bits per heavy atom. The maximum absolute atomic E-state index is 12.8. The lowest BCUT2D eigenvalue weighted by molar-refractivity contribution is -0.127. The summed E-state index contributed by atoms with van der Waals surface area (Å²) in [6.07, 6.45) is 0. The number of likely N-dealkylation sites (N-methyl/N-ethyl adjacent to an activating group) is 1. The standard InChI is InChI=1S/C21H23N3O2S/c1-5-24(12-14(2)3)19(25)13-27-21-22-18-11-16-9-7-6-8-15(16)10-17(18)20(26)23(21)4/h6-11H,2,5,12-13H2,1,3-4H3. The smallest absolute Gasteiger partial charge is 0.261 e. The highest BCUT2D eigenvalue weighted by molar-refractivity contribution is 7.99. The molecule has 0 atom stereocenters. The van der Waals surface area contributed by atoms with Crippen molar-refractivity contribution in [3.8, 4) is 0 Å². The molecule has 3 rings (SSSR count). The maximum atomic E-state index is 12.8. The summed E-state index contributed by atoms with van der Waals surface area (Å²) in [5.74, 6) is 0.249. The molecule has 0 N–H and O–H groups in total. The molecule has 0 fully saturated rings. The lowest BCUT2D eigenvalue weighted by Crippen LogP contribution is -2.33. The zero-order valence-corrected chi connectivity index (χ0v) is 16.7. The van der Waals surface area contributed by atoms with Crippen LogP contribution in [0.5, 0.6) is 0 Å². The Hall–Kier alpha value is -2.60. The summed E-state index contributed by atoms with van der Waals surface area (Å²) < 4.78 is 1.52. The van der Waals surface area contributed by atoms with E-state index in [-0.39, 0.29) is 17.2 Å². The van der Waals surface area contributed by atoms with Gasteiger partial charge in [-0.15, -0.1) is 0 Å². The van der Waals surface area contributed by atoms with Crippen molar-refractivity contribution in [2.24, 2.45) is 7.05 Å². The Bertz CT molecular complexity index is 1090. The largest absolute Gasteiger partial charge is 0.338 e. The molecule has 0 bridgehead atoms. The molecule has 27 heavy (non-hydrogen) atoms. The molecule has 1 heterocycles. The molecule has 0 saturated heterocycles. The van der Waals surface area contributed by atoms with E-state index in [0.717, 1.165) is 16.3 Å². The number of amides is 1. The molecule has 0 radical (unpaired) electrons. The molecular weight excluding hydrogens is 358 g/mol. The van der Waals surface area contributed by atoms with E-state index in [1.54, 1.807) is 11.9 Å². The lowest BCUT2D eigenvalue weighted by atomic mass is 10.1. The molecule has 0 saturated carbocycles. The number of rotatable bonds is 6. The Kier molecular flexibility index (Phi) is 5.65. The van der Waals surface area contributed by atoms with Crippen LogP contribution in [-0.4, -0.2) is 39.2 Å². The van der Waals surface area contributed by atoms with Crippen molar-refractivity contribution in [1.29, 1.82) is 0 Å². The van der Waals surface area contributed by atoms with Crippen LogP contribution in [0, 0.1) is 0 Å². The molecule has 140 valence electrons. The minimum Gasteiger partial charge on any atom is -0.338 e. The first-order chi connectivity index (χ1) is 12.9. The van der Waals surface area contributed by atoms with Crippen LogP contribution >= 0.6 is 11.8 Å². The topological polar surface area (TPSA) is 55.2 Å². The van der Waals surface area contributed by atoms with Gasteiger partial charge >= 0.3 is 0 Å². The highest BCUT2D eigenvalue weighted by Crippen LogP contribution is 2.22. The molecule has 0 aliphatic carbocycles. The summed E-state index contributed by atoms with van der Waals surface area (Å²) in [5.41, 5.74) is 1.49. The van der Waals surface area contributed by atoms with Gasteiger partial charge in [-0.3, -0.25) is 14.2 Å². The zero-order chi connectivity index (χ0) is 19.6. The average Bonchev–Trinajstić information content (AvgIpc) is 2.66. The Labute approximate surface area is 162 Å². The van der Waals surface area contributed by atoms with E-state index in [0.29, 0.717) is 29.1 Å². The van der Waals surface area contributed by atoms with Crippen molar-refractivity contribution in [2.45, 2.75) is 19.0 Å². The quantitative estimate of drug-likeness (QED) is 0.283. The van der Waals surface area contributed by atoms with Gasteiger partial charge in [0, 0.05) is 20.1 Å². The van der Waals surface area contributed by atoms with Gasteiger partial charge in [-0.05, 0) is 36.8 Å². The van der Waals surface area contributed by atoms with E-state index in [1.807, 2.05) is 50.2 Å². The first-order valence-corrected chi connectivity index (χ1v) is 9.83. The second-order valence-corrected chi connectivity index (χ2v) is 7.57. The van der Waals surface area contributed by atoms with Gasteiger partial charge in [-0.2, -0.15) is 0 Å². The molecule has 6 heteroatoms. The fourth-order valence-corrected chi connectivity index (χ4v) is 3.86. The normalized spacial score (nSPS) is 11.1. The van der Waals surface area contributed by atoms with Crippen molar-refractivity contribution in [3.63, 3.8) is 0 Å². The highest BCUT2D eigenvalue weighted by atomic mass is 32.2. The summed E-state index contributed by atoms with van der Waals surface area (Å²) in [5, 5.41) is 3.18. The van der Waals surface area contributed by atoms with Gasteiger partial charge < -0.3 is 4.90 Å². The molecule has 0 spiro atoms. The summed E-state index contributed by atoms with van der Waals surface area (Å²) >= 11 is 1.29. The van der Waals surface area contributed by atoms with E-state index in [9.17, 15) is 9.59 Å². The number of benzene rings is 2. The second-order valence-electron chi connectivity index (χ2n) is 6.63. The number of carbonyl (C=O) groups excluding carboxylic acids is 1. The van der Waals surface area contributed by atoms with Crippen LogP contribution < -0.4 is 5.56 Å². The molecule has 0 aliphatic rings. The summed E-state index contributed by atoms with van der Waals surface area (Å²) in [4.78, 5) is 31.6. The SMILES string of the molecule is C=C(C)CN(CC)C(=O)CSc1nc2cc3ccccc3cc2c(=O)n1C. The van der Waals surface area contributed by atoms with Crippen molar-refractivity contribution in [3.05, 3.63) is 58.9 Å². The number of carbonyl (C=O) groups is 1. The predicted octanol–water partition coefficient (Wildman–Crippen LogP) is 3.60. The van der Waals surface area contributed by atoms with E-state index < -0.39 is 0 Å². The summed E-state index contributed by atoms with van der Waals surface area (Å²) in [6.45, 7) is 8.89. The number of hydrogen-bond donors (Lipinski definition) is 0. The van der Waals surface area contributed by atoms with Crippen molar-refractivity contribution in [1.82, 2.24) is 14.5 Å². The third-order valence-electron chi connectivity index (χ3n) is 4.42. The van der Waals surface area contributed by atoms with Crippen molar-refractivity contribution in [2.75, 3.05) is 18.8 Å². The molecule has 0 unspecified atom stereocenters. The van der Waals surface area contributed by atoms with E-state index in [2.05, 4.69) is 11.6 Å². The first-order valence-electron chi connectivity index (χ1n) is 8.85. The minimum absolute atomic E-state index is 0.0124. The fourth-order valence-electron chi connectivity index (χ4n) is 2.99. The molecule has 2 aromatic carbocycles. The van der Waals surface area contributed by atoms with Gasteiger partial charge in [0.2, 0.25) is 5.91 Å². The summed E-state index contributed by atoms with van der Waals surface area (Å²) in [7, 11) is 1.70. The average molecular weight is 382 g/mol. The highest BCUT2D eigenvalue weighted by Gasteiger charge is 2.15. The molecule has 5 nitrogen and oxygen atoms in total. The first kappa shape index (κ1) is 19.2. The third-order valence-corrected chi connectivity index (χ3v) is 5.44. The molecule has 3 aromatic rings. The van der Waals surface area contributed by atoms with Crippen LogP contribution in [0.25, 0.3) is 21.7 Å². The Balaban J connectivity index is 1.91. The molecule has 0 aliphatic heterocycles. The van der Waals surface area contributed by atoms with Crippen LogP contribution in [0.2, 0.25) is 0 Å². The van der Waals surface area contributed by atoms with Crippen LogP contribution in [-0.2, 0) is 11.8 Å². The Morgan fingerprint density at radius 3 is 2.56 bits per heavy atom. The number of thioether (sulfide) groups is 1. The fraction of sp³-hybridized carbons (Fsp3) is 0.286. The van der Waals surface area contributed by atoms with Crippen molar-refractivity contribution >= 4 is 39.3 Å². The molecular formula is C21H23N3O2S. The van der Waals surface area contributed by atoms with E-state index in [1.165, 1.54) is 16.3 Å². The van der Waals surface area contributed by atoms with E-state index in [4.69, 9.17) is 0 Å². The van der Waals surface area contributed by atoms with E-state index >= 15 is 0 Å². The number of aromatic nitrogens is 2. The van der Waals surface area contributed by atoms with Crippen LogP contribution in [0.1, 0.15) is 13.8 Å². The number of hydrogen-bond acceptors (Lipinski definition) is 4. The van der Waals surface area contributed by atoms with Crippen LogP contribution in [0.15, 0.2) is 58.5 Å². The second kappa shape index (κ2) is 7.96. The van der Waals surface area contributed by atoms with Gasteiger partial charge in [-0.1, -0.05) is 48.2 Å². The monoisotopic (exact) mass is 381 g/mol. The van der Waals surface area contributed by atoms with Crippen molar-refractivity contribution < 1.29 is 4.79 Å². The predicted molar refractivity (Wildman–Crippen MR) is 112 cm³/mol. The van der Waals surface area contributed by atoms with Gasteiger partial charge in [0.25, 0.3) is 5.56 Å². The Morgan fingerprint density at radius 2 is 1.93 bits per heavy atom. The van der Waals surface area contributed by atoms with Gasteiger partial charge in [0.1, 0.15) is 0 Å². The minimum atomic E-state index is -0.102. The van der Waals surface area contributed by atoms with Gasteiger partial charge in [-0.25, -0.2) is 4.98 Å². The number of nitrogens with zero attached hydrogens (tertiary/aromatic N) is 3. The molecule has 1 amide bonds. The third kappa shape index (κ3) is 4.06. The van der Waals surface area contributed by atoms with Crippen LogP contribution in [0.4, 0.5) is 0 Å². The lowest BCUT2D eigenvalue weighted by Gasteiger charge is -2.20. The van der Waals surface area contributed by atoms with Gasteiger partial charge in [0.05, 0.1) is 16.7 Å². The maximum Gasteiger partial charge on any atom is 0.261 e. The van der Waals surface area contributed by atoms with Gasteiger partial charge in [0.15, 0.2) is 5.16 Å². The molecule has 1 aromatic heterocycles. The number of fused-ring (bicyclic) bond motifs is 2. The zero-order valence-electron chi connectivity index (χ0n) is 15.9. The summed E-state index contributed by atoms with van der Waals surface area (Å²) in [6, 6.07) is 11.7. The van der Waals surface area contributed by atoms with Crippen LogP contribution in [0.3, 0.4) is 0 Å².